The van der Waals surface area contributed by atoms with E-state index in [9.17, 15) is 14.9 Å². The largest absolute Gasteiger partial charge is 0.352 e. The molecule has 1 aromatic rings. The summed E-state index contributed by atoms with van der Waals surface area (Å²) in [5.41, 5.74) is 0.890. The van der Waals surface area contributed by atoms with Crippen LogP contribution in [0, 0.1) is 10.1 Å². The van der Waals surface area contributed by atoms with Gasteiger partial charge in [-0.05, 0) is 26.3 Å². The highest BCUT2D eigenvalue weighted by molar-refractivity contribution is 5.76. The molecular weight excluding hydrogens is 258 g/mol. The van der Waals surface area contributed by atoms with Gasteiger partial charge in [-0.15, -0.1) is 0 Å². The van der Waals surface area contributed by atoms with Crippen molar-refractivity contribution >= 4 is 11.6 Å². The number of non-ortho nitro benzene ring substituents is 1. The SMILES string of the molecule is CC(C)(C)NCCC(=O)NCc1ccc([N+](=O)[O-])cc1. The molecule has 0 radical (unpaired) electrons. The fourth-order valence-electron chi connectivity index (χ4n) is 1.58. The van der Waals surface area contributed by atoms with E-state index in [1.54, 1.807) is 12.1 Å². The quantitative estimate of drug-likeness (QED) is 0.616. The molecule has 20 heavy (non-hydrogen) atoms. The van der Waals surface area contributed by atoms with Crippen molar-refractivity contribution in [3.8, 4) is 0 Å². The maximum atomic E-state index is 11.6. The van der Waals surface area contributed by atoms with Crippen LogP contribution in [0.2, 0.25) is 0 Å². The van der Waals surface area contributed by atoms with E-state index in [0.717, 1.165) is 5.56 Å². The molecule has 6 nitrogen and oxygen atoms in total. The number of carbonyl (C=O) groups excluding carboxylic acids is 1. The number of hydrogen-bond acceptors (Lipinski definition) is 4. The smallest absolute Gasteiger partial charge is 0.269 e. The third kappa shape index (κ3) is 6.29. The molecule has 0 bridgehead atoms. The van der Waals surface area contributed by atoms with Gasteiger partial charge in [0.15, 0.2) is 0 Å². The Morgan fingerprint density at radius 3 is 2.35 bits per heavy atom. The van der Waals surface area contributed by atoms with Gasteiger partial charge in [-0.25, -0.2) is 0 Å². The van der Waals surface area contributed by atoms with Crippen LogP contribution in [-0.4, -0.2) is 22.9 Å². The summed E-state index contributed by atoms with van der Waals surface area (Å²) in [4.78, 5) is 21.7. The number of amides is 1. The Kier molecular flexibility index (Phi) is 5.64. The fraction of sp³-hybridized carbons (Fsp3) is 0.500. The summed E-state index contributed by atoms with van der Waals surface area (Å²) >= 11 is 0. The van der Waals surface area contributed by atoms with Gasteiger partial charge in [0.05, 0.1) is 4.92 Å². The minimum Gasteiger partial charge on any atom is -0.352 e. The molecular formula is C14H21N3O3. The number of hydrogen-bond donors (Lipinski definition) is 2. The monoisotopic (exact) mass is 279 g/mol. The molecule has 0 saturated carbocycles. The Hall–Kier alpha value is -1.95. The predicted octanol–water partition coefficient (Wildman–Crippen LogP) is 1.99. The summed E-state index contributed by atoms with van der Waals surface area (Å²) in [7, 11) is 0. The topological polar surface area (TPSA) is 84.3 Å². The predicted molar refractivity (Wildman–Crippen MR) is 77.3 cm³/mol. The van der Waals surface area contributed by atoms with Crippen LogP contribution in [0.15, 0.2) is 24.3 Å². The van der Waals surface area contributed by atoms with Crippen molar-refractivity contribution < 1.29 is 9.72 Å². The van der Waals surface area contributed by atoms with Crippen molar-refractivity contribution in [3.05, 3.63) is 39.9 Å². The number of nitrogens with one attached hydrogen (secondary N) is 2. The molecule has 0 aliphatic heterocycles. The van der Waals surface area contributed by atoms with Crippen molar-refractivity contribution in [3.63, 3.8) is 0 Å². The lowest BCUT2D eigenvalue weighted by atomic mass is 10.1. The van der Waals surface area contributed by atoms with Crippen LogP contribution >= 0.6 is 0 Å². The van der Waals surface area contributed by atoms with Crippen molar-refractivity contribution in [2.24, 2.45) is 0 Å². The van der Waals surface area contributed by atoms with Gasteiger partial charge < -0.3 is 10.6 Å². The van der Waals surface area contributed by atoms with Gasteiger partial charge in [-0.1, -0.05) is 12.1 Å². The van der Waals surface area contributed by atoms with E-state index in [2.05, 4.69) is 10.6 Å². The van der Waals surface area contributed by atoms with Gasteiger partial charge in [-0.2, -0.15) is 0 Å². The Balaban J connectivity index is 2.32. The standard InChI is InChI=1S/C14H21N3O3/c1-14(2,3)16-9-8-13(18)15-10-11-4-6-12(7-5-11)17(19)20/h4-7,16H,8-10H2,1-3H3,(H,15,18). The van der Waals surface area contributed by atoms with E-state index in [1.807, 2.05) is 20.8 Å². The van der Waals surface area contributed by atoms with E-state index < -0.39 is 4.92 Å². The zero-order valence-electron chi connectivity index (χ0n) is 12.1. The molecule has 1 rings (SSSR count). The lowest BCUT2D eigenvalue weighted by Gasteiger charge is -2.20. The number of benzene rings is 1. The lowest BCUT2D eigenvalue weighted by Crippen LogP contribution is -2.38. The first kappa shape index (κ1) is 16.1. The molecule has 0 fully saturated rings. The van der Waals surface area contributed by atoms with Crippen LogP contribution in [0.1, 0.15) is 32.8 Å². The Bertz CT molecular complexity index is 464. The summed E-state index contributed by atoms with van der Waals surface area (Å²) in [5.74, 6) is -0.0416. The number of nitro groups is 1. The molecule has 6 heteroatoms. The highest BCUT2D eigenvalue weighted by Gasteiger charge is 2.09. The Morgan fingerprint density at radius 1 is 1.25 bits per heavy atom. The van der Waals surface area contributed by atoms with E-state index in [4.69, 9.17) is 0 Å². The first-order chi connectivity index (χ1) is 9.28. The second-order valence-corrected chi connectivity index (χ2v) is 5.63. The summed E-state index contributed by atoms with van der Waals surface area (Å²) in [5, 5.41) is 16.5. The molecule has 0 aromatic heterocycles. The highest BCUT2D eigenvalue weighted by atomic mass is 16.6. The van der Waals surface area contributed by atoms with E-state index in [1.165, 1.54) is 12.1 Å². The maximum absolute atomic E-state index is 11.6. The van der Waals surface area contributed by atoms with Crippen molar-refractivity contribution in [2.75, 3.05) is 6.54 Å². The molecule has 0 spiro atoms. The van der Waals surface area contributed by atoms with Crippen LogP contribution in [0.25, 0.3) is 0 Å². The van der Waals surface area contributed by atoms with Gasteiger partial charge in [0.25, 0.3) is 5.69 Å². The van der Waals surface area contributed by atoms with Crippen LogP contribution in [-0.2, 0) is 11.3 Å². The average molecular weight is 279 g/mol. The summed E-state index contributed by atoms with van der Waals surface area (Å²) in [6.07, 6.45) is 0.407. The third-order valence-electron chi connectivity index (χ3n) is 2.64. The van der Waals surface area contributed by atoms with Crippen molar-refractivity contribution in [1.29, 1.82) is 0 Å². The van der Waals surface area contributed by atoms with Crippen molar-refractivity contribution in [1.82, 2.24) is 10.6 Å². The van der Waals surface area contributed by atoms with Gasteiger partial charge >= 0.3 is 0 Å². The Morgan fingerprint density at radius 2 is 1.85 bits per heavy atom. The molecule has 0 heterocycles. The van der Waals surface area contributed by atoms with Gasteiger partial charge in [0, 0.05) is 37.2 Å². The first-order valence-corrected chi connectivity index (χ1v) is 6.53. The maximum Gasteiger partial charge on any atom is 0.269 e. The molecule has 0 saturated heterocycles. The Labute approximate surface area is 118 Å². The molecule has 1 amide bonds. The number of nitro benzene ring substituents is 1. The molecule has 0 aliphatic carbocycles. The van der Waals surface area contributed by atoms with Gasteiger partial charge in [-0.3, -0.25) is 14.9 Å². The van der Waals surface area contributed by atoms with Crippen LogP contribution in [0.5, 0.6) is 0 Å². The zero-order chi connectivity index (χ0) is 15.2. The molecule has 1 aromatic carbocycles. The molecule has 0 atom stereocenters. The summed E-state index contributed by atoms with van der Waals surface area (Å²) < 4.78 is 0. The lowest BCUT2D eigenvalue weighted by molar-refractivity contribution is -0.384. The van der Waals surface area contributed by atoms with Crippen molar-refractivity contribution in [2.45, 2.75) is 39.3 Å². The van der Waals surface area contributed by atoms with E-state index in [0.29, 0.717) is 19.5 Å². The van der Waals surface area contributed by atoms with Gasteiger partial charge in [0.1, 0.15) is 0 Å². The fourth-order valence-corrected chi connectivity index (χ4v) is 1.58. The second-order valence-electron chi connectivity index (χ2n) is 5.63. The first-order valence-electron chi connectivity index (χ1n) is 6.53. The summed E-state index contributed by atoms with van der Waals surface area (Å²) in [6, 6.07) is 6.16. The average Bonchev–Trinajstić information content (AvgIpc) is 2.35. The zero-order valence-corrected chi connectivity index (χ0v) is 12.1. The molecule has 0 aliphatic rings. The molecule has 0 unspecified atom stereocenters. The minimum absolute atomic E-state index is 0.00134. The van der Waals surface area contributed by atoms with E-state index >= 15 is 0 Å². The second kappa shape index (κ2) is 7.00. The number of carbonyl (C=O) groups is 1. The molecule has 2 N–H and O–H groups in total. The number of nitrogens with zero attached hydrogens (tertiary/aromatic N) is 1. The normalized spacial score (nSPS) is 11.2. The highest BCUT2D eigenvalue weighted by Crippen LogP contribution is 2.11. The van der Waals surface area contributed by atoms with Crippen LogP contribution < -0.4 is 10.6 Å². The number of rotatable bonds is 6. The molecule has 110 valence electrons. The third-order valence-corrected chi connectivity index (χ3v) is 2.64. The minimum atomic E-state index is -0.444. The van der Waals surface area contributed by atoms with Crippen LogP contribution in [0.4, 0.5) is 5.69 Å². The summed E-state index contributed by atoms with van der Waals surface area (Å²) in [6.45, 7) is 7.13. The van der Waals surface area contributed by atoms with Gasteiger partial charge in [0.2, 0.25) is 5.91 Å². The van der Waals surface area contributed by atoms with Crippen LogP contribution in [0.3, 0.4) is 0 Å². The van der Waals surface area contributed by atoms with E-state index in [-0.39, 0.29) is 17.1 Å².